The van der Waals surface area contributed by atoms with Crippen LogP contribution in [0.25, 0.3) is 0 Å². The van der Waals surface area contributed by atoms with Crippen molar-refractivity contribution in [3.05, 3.63) is 83.9 Å². The number of aromatic nitrogens is 2. The number of esters is 1. The highest BCUT2D eigenvalue weighted by molar-refractivity contribution is 7.17. The molecular weight excluding hydrogens is 545 g/mol. The van der Waals surface area contributed by atoms with Gasteiger partial charge in [-0.3, -0.25) is 14.5 Å². The predicted octanol–water partition coefficient (Wildman–Crippen LogP) is 5.96. The number of hydrogen-bond donors (Lipinski definition) is 1. The van der Waals surface area contributed by atoms with Gasteiger partial charge in [-0.25, -0.2) is 14.8 Å². The normalized spacial score (nSPS) is 15.5. The molecule has 3 aromatic rings. The minimum atomic E-state index is -1.08. The van der Waals surface area contributed by atoms with Gasteiger partial charge in [0.2, 0.25) is 5.78 Å². The number of nitrogens with zero attached hydrogens (tertiary/aromatic N) is 3. The second kappa shape index (κ2) is 10.1. The number of carbonyl (C=O) groups is 3. The number of hydrogen-bond acceptors (Lipinski definition) is 9. The van der Waals surface area contributed by atoms with Crippen molar-refractivity contribution in [3.8, 4) is 0 Å². The van der Waals surface area contributed by atoms with E-state index in [2.05, 4.69) is 16.5 Å². The van der Waals surface area contributed by atoms with Crippen LogP contribution in [0.15, 0.2) is 42.2 Å². The number of aliphatic hydroxyl groups is 1. The molecule has 1 atom stereocenters. The van der Waals surface area contributed by atoms with Crippen molar-refractivity contribution in [2.75, 3.05) is 11.5 Å². The van der Waals surface area contributed by atoms with Crippen LogP contribution in [-0.4, -0.2) is 39.3 Å². The van der Waals surface area contributed by atoms with Crippen LogP contribution in [0.4, 0.5) is 5.13 Å². The van der Waals surface area contributed by atoms with E-state index in [1.165, 1.54) is 34.4 Å². The first-order chi connectivity index (χ1) is 17.0. The Labute approximate surface area is 224 Å². The summed E-state index contributed by atoms with van der Waals surface area (Å²) < 4.78 is 5.11. The number of amides is 1. The standard InChI is InChI=1S/C24H19Cl2N3O5S2/c1-5-8-34-23(33)21-11(3)28-24(36-21)29-17(13-6-7-14(25)15(26)9-13)16(19(31)22(29)32)18(30)20-10(2)27-12(4)35-20/h5-7,9,17,31H,1,8H2,2-4H3. The third kappa shape index (κ3) is 4.57. The molecule has 8 nitrogen and oxygen atoms in total. The van der Waals surface area contributed by atoms with Crippen LogP contribution in [0.3, 0.4) is 0 Å². The number of rotatable bonds is 7. The van der Waals surface area contributed by atoms with Gasteiger partial charge in [0.25, 0.3) is 5.91 Å². The van der Waals surface area contributed by atoms with Crippen molar-refractivity contribution in [2.24, 2.45) is 0 Å². The number of ether oxygens (including phenoxy) is 1. The van der Waals surface area contributed by atoms with Gasteiger partial charge in [-0.2, -0.15) is 0 Å². The van der Waals surface area contributed by atoms with Gasteiger partial charge in [0, 0.05) is 0 Å². The molecule has 1 aromatic carbocycles. The fraction of sp³-hybridized carbons (Fsp3) is 0.208. The van der Waals surface area contributed by atoms with E-state index in [1.807, 2.05) is 0 Å². The van der Waals surface area contributed by atoms with E-state index in [1.54, 1.807) is 26.8 Å². The lowest BCUT2D eigenvalue weighted by molar-refractivity contribution is -0.117. The highest BCUT2D eigenvalue weighted by Crippen LogP contribution is 2.45. The molecule has 0 bridgehead atoms. The molecule has 0 saturated heterocycles. The zero-order chi connectivity index (χ0) is 26.3. The van der Waals surface area contributed by atoms with Gasteiger partial charge in [0.15, 0.2) is 10.9 Å². The number of aliphatic hydroxyl groups excluding tert-OH is 1. The molecule has 4 rings (SSSR count). The fourth-order valence-corrected chi connectivity index (χ4v) is 5.94. The van der Waals surface area contributed by atoms with E-state index in [4.69, 9.17) is 27.9 Å². The van der Waals surface area contributed by atoms with Crippen LogP contribution in [-0.2, 0) is 9.53 Å². The molecule has 186 valence electrons. The first kappa shape index (κ1) is 26.0. The van der Waals surface area contributed by atoms with Crippen LogP contribution >= 0.6 is 45.9 Å². The number of Topliss-reactive ketones (excluding diaryl/α,β-unsaturated/α-hetero) is 1. The molecular formula is C24H19Cl2N3O5S2. The number of carbonyl (C=O) groups excluding carboxylic acids is 3. The van der Waals surface area contributed by atoms with Gasteiger partial charge < -0.3 is 9.84 Å². The van der Waals surface area contributed by atoms with E-state index >= 15 is 0 Å². The average molecular weight is 564 g/mol. The molecule has 0 spiro atoms. The molecule has 1 N–H and O–H groups in total. The van der Waals surface area contributed by atoms with E-state index in [0.29, 0.717) is 26.8 Å². The summed E-state index contributed by atoms with van der Waals surface area (Å²) >= 11 is 14.4. The maximum atomic E-state index is 13.7. The zero-order valence-electron chi connectivity index (χ0n) is 19.3. The first-order valence-electron chi connectivity index (χ1n) is 10.5. The van der Waals surface area contributed by atoms with Crippen LogP contribution in [0, 0.1) is 20.8 Å². The number of halogens is 2. The van der Waals surface area contributed by atoms with Gasteiger partial charge in [-0.15, -0.1) is 11.3 Å². The van der Waals surface area contributed by atoms with Gasteiger partial charge in [-0.1, -0.05) is 53.3 Å². The highest BCUT2D eigenvalue weighted by atomic mass is 35.5. The third-order valence-electron chi connectivity index (χ3n) is 5.33. The van der Waals surface area contributed by atoms with Crippen molar-refractivity contribution < 1.29 is 24.2 Å². The number of thiazole rings is 2. The molecule has 0 radical (unpaired) electrons. The van der Waals surface area contributed by atoms with Crippen LogP contribution in [0.2, 0.25) is 10.0 Å². The van der Waals surface area contributed by atoms with Crippen LogP contribution < -0.4 is 4.90 Å². The lowest BCUT2D eigenvalue weighted by atomic mass is 9.95. The van der Waals surface area contributed by atoms with Crippen LogP contribution in [0.5, 0.6) is 0 Å². The first-order valence-corrected chi connectivity index (χ1v) is 12.9. The molecule has 0 saturated carbocycles. The molecule has 1 unspecified atom stereocenters. The van der Waals surface area contributed by atoms with Crippen molar-refractivity contribution in [1.29, 1.82) is 0 Å². The average Bonchev–Trinajstić information content (AvgIpc) is 3.46. The Hall–Kier alpha value is -3.05. The highest BCUT2D eigenvalue weighted by Gasteiger charge is 2.47. The van der Waals surface area contributed by atoms with Gasteiger partial charge >= 0.3 is 5.97 Å². The third-order valence-corrected chi connectivity index (χ3v) is 8.28. The number of benzene rings is 1. The monoisotopic (exact) mass is 563 g/mol. The van der Waals surface area contributed by atoms with E-state index in [0.717, 1.165) is 11.3 Å². The number of aryl methyl sites for hydroxylation is 3. The smallest absolute Gasteiger partial charge is 0.350 e. The van der Waals surface area contributed by atoms with Gasteiger partial charge in [-0.05, 0) is 38.5 Å². The Morgan fingerprint density at radius 2 is 1.83 bits per heavy atom. The lowest BCUT2D eigenvalue weighted by Crippen LogP contribution is -2.31. The molecule has 36 heavy (non-hydrogen) atoms. The Balaban J connectivity index is 1.87. The van der Waals surface area contributed by atoms with E-state index in [-0.39, 0.29) is 32.2 Å². The molecule has 1 amide bonds. The Kier molecular flexibility index (Phi) is 7.33. The molecule has 1 aliphatic heterocycles. The lowest BCUT2D eigenvalue weighted by Gasteiger charge is -2.24. The van der Waals surface area contributed by atoms with E-state index in [9.17, 15) is 19.5 Å². The fourth-order valence-electron chi connectivity index (χ4n) is 3.77. The van der Waals surface area contributed by atoms with E-state index < -0.39 is 29.5 Å². The van der Waals surface area contributed by atoms with Crippen molar-refractivity contribution >= 4 is 68.7 Å². The van der Waals surface area contributed by atoms with Crippen molar-refractivity contribution in [2.45, 2.75) is 26.8 Å². The summed E-state index contributed by atoms with van der Waals surface area (Å²) in [5.74, 6) is -2.72. The zero-order valence-corrected chi connectivity index (χ0v) is 22.4. The summed E-state index contributed by atoms with van der Waals surface area (Å²) in [6.07, 6.45) is 1.43. The van der Waals surface area contributed by atoms with Crippen molar-refractivity contribution in [3.63, 3.8) is 0 Å². The quantitative estimate of drug-likeness (QED) is 0.214. The summed E-state index contributed by atoms with van der Waals surface area (Å²) in [6.45, 7) is 8.57. The molecule has 2 aromatic heterocycles. The van der Waals surface area contributed by atoms with Gasteiger partial charge in [0.1, 0.15) is 11.5 Å². The summed E-state index contributed by atoms with van der Waals surface area (Å²) in [4.78, 5) is 49.9. The van der Waals surface area contributed by atoms with Crippen LogP contribution in [0.1, 0.15) is 47.3 Å². The summed E-state index contributed by atoms with van der Waals surface area (Å²) in [7, 11) is 0. The molecule has 3 heterocycles. The second-order valence-corrected chi connectivity index (χ2v) is 10.8. The van der Waals surface area contributed by atoms with Gasteiger partial charge in [0.05, 0.1) is 42.9 Å². The SMILES string of the molecule is C=CCOC(=O)c1sc(N2C(=O)C(O)=C(C(=O)c3sc(C)nc3C)C2c2ccc(Cl)c(Cl)c2)nc1C. The number of ketones is 1. The predicted molar refractivity (Wildman–Crippen MR) is 140 cm³/mol. The summed E-state index contributed by atoms with van der Waals surface area (Å²) in [5.41, 5.74) is 1.10. The molecule has 12 heteroatoms. The maximum absolute atomic E-state index is 13.7. The maximum Gasteiger partial charge on any atom is 0.350 e. The molecule has 1 aliphatic rings. The Morgan fingerprint density at radius 1 is 1.14 bits per heavy atom. The topological polar surface area (TPSA) is 110 Å². The minimum Gasteiger partial charge on any atom is -0.503 e. The van der Waals surface area contributed by atoms with Crippen molar-refractivity contribution in [1.82, 2.24) is 9.97 Å². The minimum absolute atomic E-state index is 0.00859. The summed E-state index contributed by atoms with van der Waals surface area (Å²) in [6, 6.07) is 3.58. The molecule has 0 fully saturated rings. The molecule has 0 aliphatic carbocycles. The Bertz CT molecular complexity index is 1460. The summed E-state index contributed by atoms with van der Waals surface area (Å²) in [5, 5.41) is 12.2. The number of anilines is 1. The Morgan fingerprint density at radius 3 is 2.44 bits per heavy atom. The largest absolute Gasteiger partial charge is 0.503 e. The second-order valence-electron chi connectivity index (χ2n) is 7.79.